The third-order valence-corrected chi connectivity index (χ3v) is 6.44. The number of fused-ring (bicyclic) bond motifs is 1. The lowest BCUT2D eigenvalue weighted by atomic mass is 10.0. The number of hydrogen-bond acceptors (Lipinski definition) is 3. The van der Waals surface area contributed by atoms with E-state index in [4.69, 9.17) is 0 Å². The summed E-state index contributed by atoms with van der Waals surface area (Å²) in [5.41, 5.74) is 2.03. The van der Waals surface area contributed by atoms with Crippen molar-refractivity contribution >= 4 is 28.6 Å². The molecule has 0 radical (unpaired) electrons. The highest BCUT2D eigenvalue weighted by Crippen LogP contribution is 2.42. The second-order valence-electron chi connectivity index (χ2n) is 6.13. The van der Waals surface area contributed by atoms with E-state index in [1.807, 2.05) is 38.1 Å². The highest BCUT2D eigenvalue weighted by atomic mass is 32.2. The van der Waals surface area contributed by atoms with E-state index in [9.17, 15) is 14.3 Å². The summed E-state index contributed by atoms with van der Waals surface area (Å²) in [7, 11) is 0. The van der Waals surface area contributed by atoms with Crippen LogP contribution in [0.15, 0.2) is 59.6 Å². The number of thioether (sulfide) groups is 1. The molecule has 0 aliphatic carbocycles. The standard InChI is InChI=1S/C21H20FNO2S/c1-3-21(4-2,20(24)25)26-19-11-12-23-18-10-9-14(13-16(18)19)15-7-5-6-8-17(15)22/h5-13H,3-4H2,1-2H3,(H,24,25). The maximum atomic E-state index is 14.2. The Morgan fingerprint density at radius 3 is 2.54 bits per heavy atom. The van der Waals surface area contributed by atoms with Gasteiger partial charge in [-0.3, -0.25) is 9.78 Å². The van der Waals surface area contributed by atoms with Crippen LogP contribution >= 0.6 is 11.8 Å². The van der Waals surface area contributed by atoms with E-state index in [2.05, 4.69) is 4.98 Å². The summed E-state index contributed by atoms with van der Waals surface area (Å²) in [5.74, 6) is -1.10. The van der Waals surface area contributed by atoms with Crippen molar-refractivity contribution in [3.63, 3.8) is 0 Å². The van der Waals surface area contributed by atoms with Crippen LogP contribution < -0.4 is 0 Å². The molecule has 0 aliphatic heterocycles. The summed E-state index contributed by atoms with van der Waals surface area (Å²) in [5, 5.41) is 10.6. The molecule has 2 aromatic carbocycles. The molecule has 0 bridgehead atoms. The van der Waals surface area contributed by atoms with E-state index >= 15 is 0 Å². The molecule has 1 N–H and O–H groups in total. The number of rotatable bonds is 6. The number of aliphatic carboxylic acids is 1. The van der Waals surface area contributed by atoms with Gasteiger partial charge in [0, 0.05) is 22.0 Å². The fourth-order valence-corrected chi connectivity index (χ4v) is 4.22. The quantitative estimate of drug-likeness (QED) is 0.560. The van der Waals surface area contributed by atoms with Crippen molar-refractivity contribution < 1.29 is 14.3 Å². The molecule has 0 saturated heterocycles. The number of carbonyl (C=O) groups is 1. The Morgan fingerprint density at radius 2 is 1.88 bits per heavy atom. The normalized spacial score (nSPS) is 11.7. The SMILES string of the molecule is CCC(CC)(Sc1ccnc2ccc(-c3ccccc3F)cc12)C(=O)O. The lowest BCUT2D eigenvalue weighted by molar-refractivity contribution is -0.140. The Bertz CT molecular complexity index is 954. The van der Waals surface area contributed by atoms with Gasteiger partial charge in [0.25, 0.3) is 0 Å². The minimum absolute atomic E-state index is 0.285. The number of halogens is 1. The average Bonchev–Trinajstić information content (AvgIpc) is 2.66. The summed E-state index contributed by atoms with van der Waals surface area (Å²) >= 11 is 1.35. The first-order chi connectivity index (χ1) is 12.5. The number of hydrogen-bond donors (Lipinski definition) is 1. The molecule has 1 aromatic heterocycles. The lowest BCUT2D eigenvalue weighted by Gasteiger charge is -2.26. The maximum absolute atomic E-state index is 14.2. The van der Waals surface area contributed by atoms with Crippen molar-refractivity contribution in [1.29, 1.82) is 0 Å². The zero-order chi connectivity index (χ0) is 18.7. The van der Waals surface area contributed by atoms with Crippen molar-refractivity contribution in [2.24, 2.45) is 0 Å². The van der Waals surface area contributed by atoms with E-state index in [-0.39, 0.29) is 5.82 Å². The van der Waals surface area contributed by atoms with Crippen LogP contribution in [0.5, 0.6) is 0 Å². The zero-order valence-corrected chi connectivity index (χ0v) is 15.5. The molecule has 3 rings (SSSR count). The van der Waals surface area contributed by atoms with Crippen LogP contribution in [-0.2, 0) is 4.79 Å². The Hall–Kier alpha value is -2.40. The zero-order valence-electron chi connectivity index (χ0n) is 14.7. The highest BCUT2D eigenvalue weighted by Gasteiger charge is 2.36. The number of nitrogens with zero attached hydrogens (tertiary/aromatic N) is 1. The topological polar surface area (TPSA) is 50.2 Å². The molecule has 3 nitrogen and oxygen atoms in total. The van der Waals surface area contributed by atoms with Crippen molar-refractivity contribution in [3.05, 3.63) is 60.5 Å². The van der Waals surface area contributed by atoms with Crippen LogP contribution in [0, 0.1) is 5.82 Å². The first kappa shape index (κ1) is 18.4. The molecule has 1 heterocycles. The van der Waals surface area contributed by atoms with Gasteiger partial charge in [-0.25, -0.2) is 4.39 Å². The summed E-state index contributed by atoms with van der Waals surface area (Å²) in [6.07, 6.45) is 2.71. The molecule has 26 heavy (non-hydrogen) atoms. The molecule has 0 unspecified atom stereocenters. The van der Waals surface area contributed by atoms with Gasteiger partial charge < -0.3 is 5.11 Å². The van der Waals surface area contributed by atoms with Gasteiger partial charge in [0.2, 0.25) is 0 Å². The Labute approximate surface area is 156 Å². The van der Waals surface area contributed by atoms with Crippen LogP contribution in [0.1, 0.15) is 26.7 Å². The van der Waals surface area contributed by atoms with Gasteiger partial charge in [-0.15, -0.1) is 11.8 Å². The van der Waals surface area contributed by atoms with Crippen LogP contribution in [0.25, 0.3) is 22.0 Å². The molecule has 0 atom stereocenters. The van der Waals surface area contributed by atoms with Crippen molar-refractivity contribution in [3.8, 4) is 11.1 Å². The number of aromatic nitrogens is 1. The minimum Gasteiger partial charge on any atom is -0.480 e. The summed E-state index contributed by atoms with van der Waals surface area (Å²) in [4.78, 5) is 17.1. The van der Waals surface area contributed by atoms with E-state index < -0.39 is 10.7 Å². The van der Waals surface area contributed by atoms with Gasteiger partial charge in [-0.2, -0.15) is 0 Å². The molecule has 5 heteroatoms. The van der Waals surface area contributed by atoms with E-state index in [1.54, 1.807) is 24.4 Å². The Balaban J connectivity index is 2.14. The first-order valence-electron chi connectivity index (χ1n) is 8.57. The van der Waals surface area contributed by atoms with Crippen LogP contribution in [0.3, 0.4) is 0 Å². The second kappa shape index (κ2) is 7.46. The maximum Gasteiger partial charge on any atom is 0.320 e. The molecular formula is C21H20FNO2S. The monoisotopic (exact) mass is 369 g/mol. The van der Waals surface area contributed by atoms with Gasteiger partial charge >= 0.3 is 5.97 Å². The molecular weight excluding hydrogens is 349 g/mol. The van der Waals surface area contributed by atoms with E-state index in [1.165, 1.54) is 17.8 Å². The Morgan fingerprint density at radius 1 is 1.15 bits per heavy atom. The smallest absolute Gasteiger partial charge is 0.320 e. The third-order valence-electron chi connectivity index (χ3n) is 4.72. The van der Waals surface area contributed by atoms with Crippen LogP contribution in [-0.4, -0.2) is 20.8 Å². The Kier molecular flexibility index (Phi) is 5.28. The van der Waals surface area contributed by atoms with Gasteiger partial charge in [0.1, 0.15) is 10.6 Å². The van der Waals surface area contributed by atoms with Gasteiger partial charge in [0.15, 0.2) is 0 Å². The third kappa shape index (κ3) is 3.31. The molecule has 134 valence electrons. The fourth-order valence-electron chi connectivity index (χ4n) is 3.02. The molecule has 0 aliphatic rings. The lowest BCUT2D eigenvalue weighted by Crippen LogP contribution is -2.33. The molecule has 0 amide bonds. The van der Waals surface area contributed by atoms with Gasteiger partial charge in [0.05, 0.1) is 5.52 Å². The molecule has 0 fully saturated rings. The number of carboxylic acids is 1. The van der Waals surface area contributed by atoms with Crippen molar-refractivity contribution in [2.45, 2.75) is 36.3 Å². The van der Waals surface area contributed by atoms with Crippen LogP contribution in [0.2, 0.25) is 0 Å². The number of benzene rings is 2. The fraction of sp³-hybridized carbons (Fsp3) is 0.238. The number of pyridine rings is 1. The molecule has 0 saturated carbocycles. The first-order valence-corrected chi connectivity index (χ1v) is 9.38. The van der Waals surface area contributed by atoms with Gasteiger partial charge in [-0.05, 0) is 42.7 Å². The summed E-state index contributed by atoms with van der Waals surface area (Å²) in [6, 6.07) is 14.0. The summed E-state index contributed by atoms with van der Waals surface area (Å²) in [6.45, 7) is 3.78. The predicted molar refractivity (Wildman–Crippen MR) is 104 cm³/mol. The van der Waals surface area contributed by atoms with Gasteiger partial charge in [-0.1, -0.05) is 38.1 Å². The van der Waals surface area contributed by atoms with E-state index in [0.717, 1.165) is 21.4 Å². The number of carboxylic acid groups (broad SMARTS) is 1. The molecule has 3 aromatic rings. The van der Waals surface area contributed by atoms with Crippen molar-refractivity contribution in [1.82, 2.24) is 4.98 Å². The van der Waals surface area contributed by atoms with E-state index in [0.29, 0.717) is 18.4 Å². The highest BCUT2D eigenvalue weighted by molar-refractivity contribution is 8.01. The largest absolute Gasteiger partial charge is 0.480 e. The molecule has 0 spiro atoms. The minimum atomic E-state index is -0.887. The average molecular weight is 369 g/mol. The predicted octanol–water partition coefficient (Wildman–Crippen LogP) is 5.78. The second-order valence-corrected chi connectivity index (χ2v) is 7.55. The van der Waals surface area contributed by atoms with Crippen LogP contribution in [0.4, 0.5) is 4.39 Å². The van der Waals surface area contributed by atoms with Crippen molar-refractivity contribution in [2.75, 3.05) is 0 Å². The summed E-state index contributed by atoms with van der Waals surface area (Å²) < 4.78 is 13.3.